The van der Waals surface area contributed by atoms with Crippen LogP contribution in [0.1, 0.15) is 25.3 Å². The van der Waals surface area contributed by atoms with Gasteiger partial charge in [0.1, 0.15) is 9.84 Å². The van der Waals surface area contributed by atoms with Crippen molar-refractivity contribution in [2.24, 2.45) is 0 Å². The van der Waals surface area contributed by atoms with Crippen molar-refractivity contribution in [2.45, 2.75) is 26.7 Å². The van der Waals surface area contributed by atoms with E-state index in [0.717, 1.165) is 11.3 Å². The Hall–Kier alpha value is -1.36. The third-order valence-corrected chi connectivity index (χ3v) is 3.87. The number of hydrogen-bond donors (Lipinski definition) is 0. The zero-order valence-corrected chi connectivity index (χ0v) is 12.5. The Balaban J connectivity index is 2.67. The molecule has 0 aliphatic carbocycles. The highest BCUT2D eigenvalue weighted by Gasteiger charge is 2.14. The molecule has 0 spiro atoms. The third kappa shape index (κ3) is 5.42. The molecule has 1 amide bonds. The summed E-state index contributed by atoms with van der Waals surface area (Å²) in [4.78, 5) is 13.8. The van der Waals surface area contributed by atoms with Crippen LogP contribution in [0.2, 0.25) is 0 Å². The zero-order chi connectivity index (χ0) is 14.5. The van der Waals surface area contributed by atoms with Gasteiger partial charge in [0, 0.05) is 24.9 Å². The first-order valence-corrected chi connectivity index (χ1v) is 8.44. The summed E-state index contributed by atoms with van der Waals surface area (Å²) in [5.41, 5.74) is 1.96. The molecular formula is C14H21NO3S. The molecule has 1 rings (SSSR count). The lowest BCUT2D eigenvalue weighted by molar-refractivity contribution is -0.118. The third-order valence-electron chi connectivity index (χ3n) is 2.84. The van der Waals surface area contributed by atoms with Gasteiger partial charge < -0.3 is 4.90 Å². The molecule has 0 heterocycles. The highest BCUT2D eigenvalue weighted by Crippen LogP contribution is 2.17. The fourth-order valence-electron chi connectivity index (χ4n) is 1.92. The van der Waals surface area contributed by atoms with Crippen molar-refractivity contribution in [1.82, 2.24) is 0 Å². The number of anilines is 1. The van der Waals surface area contributed by atoms with Crippen LogP contribution in [0.5, 0.6) is 0 Å². The van der Waals surface area contributed by atoms with Gasteiger partial charge in [0.2, 0.25) is 5.91 Å². The molecule has 19 heavy (non-hydrogen) atoms. The minimum absolute atomic E-state index is 0.0308. The molecule has 0 saturated heterocycles. The van der Waals surface area contributed by atoms with Crippen molar-refractivity contribution in [1.29, 1.82) is 0 Å². The van der Waals surface area contributed by atoms with Gasteiger partial charge in [-0.05, 0) is 38.0 Å². The maximum absolute atomic E-state index is 12.1. The van der Waals surface area contributed by atoms with Gasteiger partial charge in [-0.1, -0.05) is 12.1 Å². The van der Waals surface area contributed by atoms with E-state index in [4.69, 9.17) is 0 Å². The average molecular weight is 283 g/mol. The average Bonchev–Trinajstić information content (AvgIpc) is 2.28. The van der Waals surface area contributed by atoms with E-state index in [2.05, 4.69) is 0 Å². The van der Waals surface area contributed by atoms with E-state index in [0.29, 0.717) is 13.0 Å². The largest absolute Gasteiger partial charge is 0.313 e. The van der Waals surface area contributed by atoms with Gasteiger partial charge in [-0.3, -0.25) is 4.79 Å². The fourth-order valence-corrected chi connectivity index (χ4v) is 2.59. The lowest BCUT2D eigenvalue weighted by Crippen LogP contribution is -2.30. The Bertz CT molecular complexity index is 537. The van der Waals surface area contributed by atoms with Crippen molar-refractivity contribution in [3.63, 3.8) is 0 Å². The van der Waals surface area contributed by atoms with Crippen LogP contribution in [-0.4, -0.2) is 32.9 Å². The summed E-state index contributed by atoms with van der Waals surface area (Å²) in [5, 5.41) is 0. The Labute approximate surface area is 115 Å². The smallest absolute Gasteiger partial charge is 0.226 e. The molecule has 5 heteroatoms. The summed E-state index contributed by atoms with van der Waals surface area (Å²) in [7, 11) is -2.99. The minimum atomic E-state index is -2.99. The number of aryl methyl sites for hydroxylation is 1. The van der Waals surface area contributed by atoms with Crippen LogP contribution >= 0.6 is 0 Å². The molecule has 0 unspecified atom stereocenters. The predicted octanol–water partition coefficient (Wildman–Crippen LogP) is 2.17. The second kappa shape index (κ2) is 6.70. The minimum Gasteiger partial charge on any atom is -0.313 e. The highest BCUT2D eigenvalue weighted by atomic mass is 32.2. The molecular weight excluding hydrogens is 262 g/mol. The van der Waals surface area contributed by atoms with E-state index >= 15 is 0 Å². The van der Waals surface area contributed by atoms with E-state index in [9.17, 15) is 13.2 Å². The normalized spacial score (nSPS) is 11.3. The molecule has 0 aliphatic heterocycles. The van der Waals surface area contributed by atoms with E-state index in [-0.39, 0.29) is 18.1 Å². The first-order valence-electron chi connectivity index (χ1n) is 6.38. The molecule has 106 valence electrons. The maximum atomic E-state index is 12.1. The monoisotopic (exact) mass is 283 g/mol. The number of nitrogens with zero attached hydrogens (tertiary/aromatic N) is 1. The molecule has 4 nitrogen and oxygen atoms in total. The topological polar surface area (TPSA) is 54.5 Å². The second-order valence-electron chi connectivity index (χ2n) is 4.71. The Morgan fingerprint density at radius 2 is 2.00 bits per heavy atom. The number of sulfone groups is 1. The highest BCUT2D eigenvalue weighted by molar-refractivity contribution is 7.90. The van der Waals surface area contributed by atoms with Gasteiger partial charge in [-0.2, -0.15) is 0 Å². The Kier molecular flexibility index (Phi) is 5.54. The Morgan fingerprint density at radius 3 is 2.53 bits per heavy atom. The fraction of sp³-hybridized carbons (Fsp3) is 0.500. The second-order valence-corrected chi connectivity index (χ2v) is 6.97. The van der Waals surface area contributed by atoms with Gasteiger partial charge in [0.25, 0.3) is 0 Å². The number of amides is 1. The van der Waals surface area contributed by atoms with Crippen LogP contribution in [0.25, 0.3) is 0 Å². The number of hydrogen-bond acceptors (Lipinski definition) is 3. The molecule has 0 aromatic heterocycles. The summed E-state index contributed by atoms with van der Waals surface area (Å²) in [5.74, 6) is 0.0288. The molecule has 0 fully saturated rings. The van der Waals surface area contributed by atoms with Gasteiger partial charge in [0.05, 0.1) is 5.75 Å². The molecule has 0 atom stereocenters. The standard InChI is InChI=1S/C14H21NO3S/c1-4-15(13-8-5-7-12(2)11-13)14(16)9-6-10-19(3,17)18/h5,7-8,11H,4,6,9-10H2,1-3H3. The maximum Gasteiger partial charge on any atom is 0.226 e. The molecule has 1 aromatic carbocycles. The van der Waals surface area contributed by atoms with Crippen molar-refractivity contribution < 1.29 is 13.2 Å². The molecule has 0 saturated carbocycles. The van der Waals surface area contributed by atoms with Crippen LogP contribution in [0.3, 0.4) is 0 Å². The SMILES string of the molecule is CCN(C(=O)CCCS(C)(=O)=O)c1cccc(C)c1. The van der Waals surface area contributed by atoms with E-state index in [1.54, 1.807) is 4.90 Å². The summed E-state index contributed by atoms with van der Waals surface area (Å²) in [6.45, 7) is 4.48. The molecule has 0 bridgehead atoms. The number of carbonyl (C=O) groups excluding carboxylic acids is 1. The van der Waals surface area contributed by atoms with Crippen molar-refractivity contribution in [2.75, 3.05) is 23.5 Å². The van der Waals surface area contributed by atoms with Crippen LogP contribution in [0.4, 0.5) is 5.69 Å². The van der Waals surface area contributed by atoms with Crippen LogP contribution in [0, 0.1) is 6.92 Å². The van der Waals surface area contributed by atoms with Crippen LogP contribution in [-0.2, 0) is 14.6 Å². The van der Waals surface area contributed by atoms with Crippen molar-refractivity contribution in [3.8, 4) is 0 Å². The van der Waals surface area contributed by atoms with Crippen LogP contribution < -0.4 is 4.90 Å². The first-order chi connectivity index (χ1) is 8.83. The number of rotatable bonds is 6. The van der Waals surface area contributed by atoms with Crippen molar-refractivity contribution in [3.05, 3.63) is 29.8 Å². The van der Waals surface area contributed by atoms with Gasteiger partial charge in [-0.25, -0.2) is 8.42 Å². The van der Waals surface area contributed by atoms with Gasteiger partial charge >= 0.3 is 0 Å². The van der Waals surface area contributed by atoms with E-state index < -0.39 is 9.84 Å². The van der Waals surface area contributed by atoms with E-state index in [1.165, 1.54) is 6.26 Å². The predicted molar refractivity (Wildman–Crippen MR) is 78.2 cm³/mol. The molecule has 0 N–H and O–H groups in total. The molecule has 1 aromatic rings. The van der Waals surface area contributed by atoms with E-state index in [1.807, 2.05) is 38.1 Å². The summed E-state index contributed by atoms with van der Waals surface area (Å²) < 4.78 is 22.1. The molecule has 0 aliphatic rings. The lowest BCUT2D eigenvalue weighted by atomic mass is 10.2. The van der Waals surface area contributed by atoms with Crippen molar-refractivity contribution >= 4 is 21.4 Å². The van der Waals surface area contributed by atoms with Gasteiger partial charge in [-0.15, -0.1) is 0 Å². The summed E-state index contributed by atoms with van der Waals surface area (Å²) >= 11 is 0. The van der Waals surface area contributed by atoms with Gasteiger partial charge in [0.15, 0.2) is 0 Å². The van der Waals surface area contributed by atoms with Crippen LogP contribution in [0.15, 0.2) is 24.3 Å². The quantitative estimate of drug-likeness (QED) is 0.804. The lowest BCUT2D eigenvalue weighted by Gasteiger charge is -2.21. The Morgan fingerprint density at radius 1 is 1.32 bits per heavy atom. The summed E-state index contributed by atoms with van der Waals surface area (Å²) in [6, 6.07) is 7.74. The summed E-state index contributed by atoms with van der Waals surface area (Å²) in [6.07, 6.45) is 1.82. The number of benzene rings is 1. The molecule has 0 radical (unpaired) electrons. The number of carbonyl (C=O) groups is 1. The zero-order valence-electron chi connectivity index (χ0n) is 11.7. The first kappa shape index (κ1) is 15.7.